The third-order valence-corrected chi connectivity index (χ3v) is 2.93. The van der Waals surface area contributed by atoms with E-state index in [2.05, 4.69) is 15.5 Å². The van der Waals surface area contributed by atoms with Crippen molar-refractivity contribution < 1.29 is 9.53 Å². The molecule has 5 nitrogen and oxygen atoms in total. The Morgan fingerprint density at radius 2 is 2.00 bits per heavy atom. The van der Waals surface area contributed by atoms with Crippen molar-refractivity contribution in [3.05, 3.63) is 41.0 Å². The minimum Gasteiger partial charge on any atom is -0.478 e. The monoisotopic (exact) mass is 293 g/mol. The number of carbonyl (C=O) groups excluding carboxylic acids is 1. The molecule has 0 aliphatic carbocycles. The van der Waals surface area contributed by atoms with Gasteiger partial charge in [0.05, 0.1) is 0 Å². The number of H-pyrrole nitrogens is 1. The number of nitrogens with one attached hydrogen (secondary N) is 2. The second-order valence-corrected chi connectivity index (χ2v) is 5.39. The van der Waals surface area contributed by atoms with E-state index in [-0.39, 0.29) is 5.91 Å². The van der Waals surface area contributed by atoms with Crippen LogP contribution >= 0.6 is 11.6 Å². The van der Waals surface area contributed by atoms with Crippen molar-refractivity contribution in [1.82, 2.24) is 10.2 Å². The summed E-state index contributed by atoms with van der Waals surface area (Å²) in [6.45, 7) is 5.24. The number of benzene rings is 1. The number of hydrogen-bond acceptors (Lipinski definition) is 3. The first kappa shape index (κ1) is 14.4. The number of ether oxygens (including phenoxy) is 1. The van der Waals surface area contributed by atoms with Crippen LogP contribution in [0.5, 0.6) is 5.75 Å². The van der Waals surface area contributed by atoms with Gasteiger partial charge >= 0.3 is 0 Å². The summed E-state index contributed by atoms with van der Waals surface area (Å²) < 4.78 is 5.69. The third-order valence-electron chi connectivity index (χ3n) is 2.68. The van der Waals surface area contributed by atoms with Crippen LogP contribution in [0.4, 0.5) is 5.82 Å². The maximum atomic E-state index is 12.2. The summed E-state index contributed by atoms with van der Waals surface area (Å²) in [4.78, 5) is 12.2. The van der Waals surface area contributed by atoms with Gasteiger partial charge in [-0.15, -0.1) is 0 Å². The first-order valence-corrected chi connectivity index (χ1v) is 6.53. The molecule has 0 radical (unpaired) electrons. The smallest absolute Gasteiger partial charge is 0.269 e. The Bertz CT molecular complexity index is 605. The van der Waals surface area contributed by atoms with E-state index in [0.29, 0.717) is 16.6 Å². The van der Waals surface area contributed by atoms with Gasteiger partial charge in [0.2, 0.25) is 0 Å². The fourth-order valence-corrected chi connectivity index (χ4v) is 1.72. The highest BCUT2D eigenvalue weighted by Crippen LogP contribution is 2.21. The van der Waals surface area contributed by atoms with E-state index >= 15 is 0 Å². The molecule has 2 rings (SSSR count). The molecular formula is C14H16ClN3O2. The molecule has 1 heterocycles. The molecule has 0 atom stereocenters. The Morgan fingerprint density at radius 1 is 1.35 bits per heavy atom. The molecule has 0 bridgehead atoms. The van der Waals surface area contributed by atoms with Crippen LogP contribution < -0.4 is 10.1 Å². The second kappa shape index (κ2) is 5.54. The summed E-state index contributed by atoms with van der Waals surface area (Å²) in [7, 11) is 0. The van der Waals surface area contributed by atoms with E-state index in [1.54, 1.807) is 44.2 Å². The largest absolute Gasteiger partial charge is 0.478 e. The summed E-state index contributed by atoms with van der Waals surface area (Å²) in [5.41, 5.74) is -0.155. The van der Waals surface area contributed by atoms with Gasteiger partial charge in [0.25, 0.3) is 5.91 Å². The number of anilines is 1. The molecule has 1 aromatic heterocycles. The van der Waals surface area contributed by atoms with E-state index in [4.69, 9.17) is 16.3 Å². The Labute approximate surface area is 122 Å². The van der Waals surface area contributed by atoms with Crippen molar-refractivity contribution in [2.45, 2.75) is 26.4 Å². The van der Waals surface area contributed by atoms with Gasteiger partial charge in [-0.05, 0) is 45.0 Å². The van der Waals surface area contributed by atoms with Crippen LogP contribution in [0.2, 0.25) is 5.02 Å². The molecule has 0 aliphatic heterocycles. The summed E-state index contributed by atoms with van der Waals surface area (Å²) in [6, 6.07) is 8.60. The van der Waals surface area contributed by atoms with Crippen molar-refractivity contribution in [1.29, 1.82) is 0 Å². The van der Waals surface area contributed by atoms with Gasteiger partial charge in [-0.3, -0.25) is 9.89 Å². The fourth-order valence-electron chi connectivity index (χ4n) is 1.59. The lowest BCUT2D eigenvalue weighted by Gasteiger charge is -2.24. The molecule has 1 aromatic carbocycles. The number of aryl methyl sites for hydroxylation is 1. The van der Waals surface area contributed by atoms with Crippen LogP contribution in [0.25, 0.3) is 0 Å². The zero-order valence-corrected chi connectivity index (χ0v) is 12.3. The van der Waals surface area contributed by atoms with Crippen LogP contribution in [0.3, 0.4) is 0 Å². The van der Waals surface area contributed by atoms with Crippen LogP contribution in [-0.4, -0.2) is 21.7 Å². The molecule has 20 heavy (non-hydrogen) atoms. The fraction of sp³-hybridized carbons (Fsp3) is 0.286. The predicted octanol–water partition coefficient (Wildman–Crippen LogP) is 3.17. The number of aromatic amines is 1. The number of carbonyl (C=O) groups is 1. The first-order valence-electron chi connectivity index (χ1n) is 6.15. The van der Waals surface area contributed by atoms with E-state index in [1.165, 1.54) is 0 Å². The van der Waals surface area contributed by atoms with Gasteiger partial charge in [0, 0.05) is 16.8 Å². The lowest BCUT2D eigenvalue weighted by molar-refractivity contribution is -0.128. The molecule has 1 amide bonds. The average molecular weight is 294 g/mol. The van der Waals surface area contributed by atoms with E-state index in [1.807, 2.05) is 6.92 Å². The van der Waals surface area contributed by atoms with Gasteiger partial charge in [-0.1, -0.05) is 11.6 Å². The van der Waals surface area contributed by atoms with Crippen LogP contribution in [-0.2, 0) is 4.79 Å². The average Bonchev–Trinajstić information content (AvgIpc) is 2.77. The Kier molecular flexibility index (Phi) is 3.99. The van der Waals surface area contributed by atoms with E-state index in [0.717, 1.165) is 5.69 Å². The highest BCUT2D eigenvalue weighted by molar-refractivity contribution is 6.30. The zero-order chi connectivity index (χ0) is 14.8. The number of amides is 1. The summed E-state index contributed by atoms with van der Waals surface area (Å²) >= 11 is 5.81. The number of rotatable bonds is 4. The van der Waals surface area contributed by atoms with Crippen molar-refractivity contribution in [2.75, 3.05) is 5.32 Å². The van der Waals surface area contributed by atoms with Crippen molar-refractivity contribution in [2.24, 2.45) is 0 Å². The summed E-state index contributed by atoms with van der Waals surface area (Å²) in [5, 5.41) is 10.0. The van der Waals surface area contributed by atoms with Crippen molar-refractivity contribution in [3.8, 4) is 5.75 Å². The standard InChI is InChI=1S/C14H16ClN3O2/c1-9-8-12(18-17-9)16-13(19)14(2,3)20-11-6-4-10(15)5-7-11/h4-8H,1-3H3,(H2,16,17,18,19). The SMILES string of the molecule is Cc1cc(NC(=O)C(C)(C)Oc2ccc(Cl)cc2)n[nH]1. The Balaban J connectivity index is 2.05. The molecule has 106 valence electrons. The molecule has 0 unspecified atom stereocenters. The number of aromatic nitrogens is 2. The van der Waals surface area contributed by atoms with Crippen LogP contribution in [0.1, 0.15) is 19.5 Å². The molecule has 0 aliphatic rings. The lowest BCUT2D eigenvalue weighted by atomic mass is 10.1. The molecule has 2 aromatic rings. The van der Waals surface area contributed by atoms with E-state index in [9.17, 15) is 4.79 Å². The molecule has 0 saturated carbocycles. The maximum Gasteiger partial charge on any atom is 0.269 e. The van der Waals surface area contributed by atoms with Gasteiger partial charge in [-0.25, -0.2) is 0 Å². The molecule has 2 N–H and O–H groups in total. The lowest BCUT2D eigenvalue weighted by Crippen LogP contribution is -2.42. The highest BCUT2D eigenvalue weighted by atomic mass is 35.5. The highest BCUT2D eigenvalue weighted by Gasteiger charge is 2.30. The first-order chi connectivity index (χ1) is 9.37. The van der Waals surface area contributed by atoms with Crippen molar-refractivity contribution >= 4 is 23.3 Å². The molecule has 6 heteroatoms. The zero-order valence-electron chi connectivity index (χ0n) is 11.5. The summed E-state index contributed by atoms with van der Waals surface area (Å²) in [6.07, 6.45) is 0. The minimum absolute atomic E-state index is 0.279. The molecule has 0 fully saturated rings. The molecule has 0 saturated heterocycles. The van der Waals surface area contributed by atoms with Crippen LogP contribution in [0, 0.1) is 6.92 Å². The van der Waals surface area contributed by atoms with Crippen molar-refractivity contribution in [3.63, 3.8) is 0 Å². The Hall–Kier alpha value is -2.01. The van der Waals surface area contributed by atoms with Gasteiger partial charge in [0.1, 0.15) is 5.75 Å². The Morgan fingerprint density at radius 3 is 2.55 bits per heavy atom. The number of hydrogen-bond donors (Lipinski definition) is 2. The molecule has 0 spiro atoms. The van der Waals surface area contributed by atoms with E-state index < -0.39 is 5.60 Å². The maximum absolute atomic E-state index is 12.2. The summed E-state index contributed by atoms with van der Waals surface area (Å²) in [5.74, 6) is 0.770. The van der Waals surface area contributed by atoms with Gasteiger partial charge in [0.15, 0.2) is 11.4 Å². The quantitative estimate of drug-likeness (QED) is 0.910. The molecular weight excluding hydrogens is 278 g/mol. The van der Waals surface area contributed by atoms with Gasteiger partial charge in [-0.2, -0.15) is 5.10 Å². The predicted molar refractivity (Wildman–Crippen MR) is 78.1 cm³/mol. The second-order valence-electron chi connectivity index (χ2n) is 4.96. The van der Waals surface area contributed by atoms with Gasteiger partial charge < -0.3 is 10.1 Å². The topological polar surface area (TPSA) is 67.0 Å². The normalized spacial score (nSPS) is 11.2. The number of halogens is 1. The minimum atomic E-state index is -1.03. The van der Waals surface area contributed by atoms with Crippen LogP contribution in [0.15, 0.2) is 30.3 Å². The number of nitrogens with zero attached hydrogens (tertiary/aromatic N) is 1. The third kappa shape index (κ3) is 3.51.